The molecule has 0 radical (unpaired) electrons. The molecular weight excluding hydrogens is 654 g/mol. The molecule has 2 heterocycles. The Morgan fingerprint density at radius 2 is 1.54 bits per heavy atom. The van der Waals surface area contributed by atoms with E-state index in [0.29, 0.717) is 45.5 Å². The van der Waals surface area contributed by atoms with E-state index in [4.69, 9.17) is 14.5 Å². The number of nitrogens with zero attached hydrogens (tertiary/aromatic N) is 5. The van der Waals surface area contributed by atoms with E-state index >= 15 is 0 Å². The number of para-hydroxylation sites is 1. The van der Waals surface area contributed by atoms with E-state index < -0.39 is 5.91 Å². The summed E-state index contributed by atoms with van der Waals surface area (Å²) in [6.07, 6.45) is 3.65. The molecule has 2 N–H and O–H groups in total. The van der Waals surface area contributed by atoms with Crippen LogP contribution in [0.5, 0.6) is 11.5 Å². The number of fused-ring (bicyclic) bond motifs is 1. The molecule has 11 nitrogen and oxygen atoms in total. The van der Waals surface area contributed by atoms with Gasteiger partial charge in [-0.3, -0.25) is 14.5 Å². The van der Waals surface area contributed by atoms with Crippen LogP contribution in [-0.4, -0.2) is 42.7 Å². The third kappa shape index (κ3) is 6.83. The number of hydrazone groups is 1. The maximum atomic E-state index is 14.0. The van der Waals surface area contributed by atoms with Crippen LogP contribution in [0.4, 0.5) is 11.4 Å². The van der Waals surface area contributed by atoms with Crippen molar-refractivity contribution in [3.05, 3.63) is 161 Å². The molecule has 0 atom stereocenters. The summed E-state index contributed by atoms with van der Waals surface area (Å²) in [7, 11) is 3.08. The highest BCUT2D eigenvalue weighted by atomic mass is 16.5. The van der Waals surface area contributed by atoms with Gasteiger partial charge in [-0.15, -0.1) is 15.3 Å². The number of amidine groups is 2. The minimum absolute atomic E-state index is 0.148. The summed E-state index contributed by atoms with van der Waals surface area (Å²) in [6.45, 7) is 1.93. The standard InChI is InChI=1S/C41H33N7O4/c1-26-11-7-9-15-33(26)44-45-38(29-19-22-36(51-2)37(24-29)52-3)46-47-40(49)28-17-20-31(21-18-28)48-39(27-12-5-4-6-13-27)43-35(41(48)50)23-30-25-42-34-16-10-8-14-32(30)34/h4-25,42H,1-3H3,(H,47,49)/b35-23+,45-44?,46-38-. The molecule has 256 valence electrons. The van der Waals surface area contributed by atoms with E-state index in [0.717, 1.165) is 27.6 Å². The lowest BCUT2D eigenvalue weighted by molar-refractivity contribution is -0.113. The number of methoxy groups -OCH3 is 2. The fourth-order valence-electron chi connectivity index (χ4n) is 5.72. The molecule has 0 bridgehead atoms. The smallest absolute Gasteiger partial charge is 0.282 e. The van der Waals surface area contributed by atoms with Crippen molar-refractivity contribution in [3.8, 4) is 11.5 Å². The van der Waals surface area contributed by atoms with Gasteiger partial charge in [-0.2, -0.15) is 0 Å². The Morgan fingerprint density at radius 3 is 2.31 bits per heavy atom. The summed E-state index contributed by atoms with van der Waals surface area (Å²) in [6, 6.07) is 36.8. The summed E-state index contributed by atoms with van der Waals surface area (Å²) >= 11 is 0. The molecule has 5 aromatic carbocycles. The molecule has 7 rings (SSSR count). The number of amides is 2. The van der Waals surface area contributed by atoms with Gasteiger partial charge in [0.05, 0.1) is 25.6 Å². The van der Waals surface area contributed by atoms with Crippen LogP contribution in [-0.2, 0) is 4.79 Å². The largest absolute Gasteiger partial charge is 0.493 e. The van der Waals surface area contributed by atoms with E-state index in [1.165, 1.54) is 7.11 Å². The Kier molecular flexibility index (Phi) is 9.48. The fraction of sp³-hybridized carbons (Fsp3) is 0.0732. The van der Waals surface area contributed by atoms with Crippen LogP contribution in [0.3, 0.4) is 0 Å². The fourth-order valence-corrected chi connectivity index (χ4v) is 5.72. The van der Waals surface area contributed by atoms with Gasteiger partial charge in [0.2, 0.25) is 5.84 Å². The molecule has 52 heavy (non-hydrogen) atoms. The van der Waals surface area contributed by atoms with E-state index in [9.17, 15) is 9.59 Å². The Bertz CT molecular complexity index is 2410. The number of aromatic nitrogens is 1. The molecule has 0 spiro atoms. The second-order valence-electron chi connectivity index (χ2n) is 11.7. The van der Waals surface area contributed by atoms with Crippen molar-refractivity contribution >= 4 is 51.8 Å². The summed E-state index contributed by atoms with van der Waals surface area (Å²) in [5.74, 6) is 0.856. The first kappa shape index (κ1) is 33.4. The highest BCUT2D eigenvalue weighted by molar-refractivity contribution is 6.33. The molecule has 0 saturated heterocycles. The SMILES string of the molecule is COc1ccc(/C(N=Nc2ccccc2C)=N/NC(=O)c2ccc(N3C(=O)/C(=C\c4c[nH]c5ccccc45)N=C3c3ccccc3)cc2)cc1OC. The van der Waals surface area contributed by atoms with E-state index in [2.05, 4.69) is 25.7 Å². The van der Waals surface area contributed by atoms with E-state index in [-0.39, 0.29) is 11.7 Å². The Labute approximate surface area is 299 Å². The van der Waals surface area contributed by atoms with Gasteiger partial charge in [-0.05, 0) is 73.2 Å². The number of benzene rings is 5. The van der Waals surface area contributed by atoms with Gasteiger partial charge >= 0.3 is 0 Å². The van der Waals surface area contributed by atoms with Gasteiger partial charge in [0, 0.05) is 39.4 Å². The number of ether oxygens (including phenoxy) is 2. The van der Waals surface area contributed by atoms with Gasteiger partial charge in [-0.25, -0.2) is 10.4 Å². The Balaban J connectivity index is 1.17. The van der Waals surface area contributed by atoms with E-state index in [1.807, 2.05) is 92.0 Å². The van der Waals surface area contributed by atoms with Crippen LogP contribution >= 0.6 is 0 Å². The monoisotopic (exact) mass is 687 g/mol. The number of carbonyl (C=O) groups excluding carboxylic acids is 2. The van der Waals surface area contributed by atoms with Crippen LogP contribution < -0.4 is 19.8 Å². The van der Waals surface area contributed by atoms with Crippen LogP contribution in [0.15, 0.2) is 154 Å². The normalized spacial score (nSPS) is 13.9. The van der Waals surface area contributed by atoms with Crippen molar-refractivity contribution in [1.29, 1.82) is 0 Å². The van der Waals surface area contributed by atoms with Crippen LogP contribution in [0.1, 0.15) is 32.6 Å². The van der Waals surface area contributed by atoms with Gasteiger partial charge in [0.1, 0.15) is 11.5 Å². The number of rotatable bonds is 9. The second kappa shape index (κ2) is 14.8. The van der Waals surface area contributed by atoms with Gasteiger partial charge in [0.25, 0.3) is 11.8 Å². The quantitative estimate of drug-likeness (QED) is 0.0521. The van der Waals surface area contributed by atoms with E-state index in [1.54, 1.807) is 60.6 Å². The van der Waals surface area contributed by atoms with Crippen molar-refractivity contribution in [2.24, 2.45) is 20.3 Å². The lowest BCUT2D eigenvalue weighted by atomic mass is 10.1. The maximum Gasteiger partial charge on any atom is 0.282 e. The number of aryl methyl sites for hydroxylation is 1. The topological polar surface area (TPSA) is 133 Å². The first-order chi connectivity index (χ1) is 25.4. The second-order valence-corrected chi connectivity index (χ2v) is 11.7. The molecule has 6 aromatic rings. The highest BCUT2D eigenvalue weighted by Gasteiger charge is 2.32. The minimum atomic E-state index is -0.486. The lowest BCUT2D eigenvalue weighted by Gasteiger charge is -2.18. The van der Waals surface area contributed by atoms with Crippen molar-refractivity contribution in [2.45, 2.75) is 6.92 Å². The molecule has 2 amide bonds. The van der Waals surface area contributed by atoms with Gasteiger partial charge in [0.15, 0.2) is 11.5 Å². The first-order valence-electron chi connectivity index (χ1n) is 16.4. The Morgan fingerprint density at radius 1 is 0.827 bits per heavy atom. The van der Waals surface area contributed by atoms with Crippen LogP contribution in [0, 0.1) is 6.92 Å². The zero-order valence-electron chi connectivity index (χ0n) is 28.6. The zero-order valence-corrected chi connectivity index (χ0v) is 28.6. The molecule has 1 aliphatic heterocycles. The highest BCUT2D eigenvalue weighted by Crippen LogP contribution is 2.31. The van der Waals surface area contributed by atoms with Crippen molar-refractivity contribution < 1.29 is 19.1 Å². The lowest BCUT2D eigenvalue weighted by Crippen LogP contribution is -2.32. The summed E-state index contributed by atoms with van der Waals surface area (Å²) < 4.78 is 10.8. The number of carbonyl (C=O) groups is 2. The number of hydrogen-bond donors (Lipinski definition) is 2. The third-order valence-corrected chi connectivity index (χ3v) is 8.47. The number of azo groups is 1. The Hall–Kier alpha value is -7.14. The van der Waals surface area contributed by atoms with Crippen molar-refractivity contribution in [1.82, 2.24) is 10.4 Å². The summed E-state index contributed by atoms with van der Waals surface area (Å²) in [5, 5.41) is 14.1. The van der Waals surface area contributed by atoms with Gasteiger partial charge in [-0.1, -0.05) is 66.7 Å². The zero-order chi connectivity index (χ0) is 36.0. The predicted octanol–water partition coefficient (Wildman–Crippen LogP) is 8.20. The molecule has 0 saturated carbocycles. The summed E-state index contributed by atoms with van der Waals surface area (Å²) in [5.41, 5.74) is 8.49. The van der Waals surface area contributed by atoms with Crippen molar-refractivity contribution in [3.63, 3.8) is 0 Å². The minimum Gasteiger partial charge on any atom is -0.493 e. The molecule has 11 heteroatoms. The molecule has 0 fully saturated rings. The molecule has 0 aliphatic carbocycles. The molecule has 1 aromatic heterocycles. The number of aliphatic imine (C=N–C) groups is 1. The van der Waals surface area contributed by atoms with Crippen molar-refractivity contribution in [2.75, 3.05) is 19.1 Å². The first-order valence-corrected chi connectivity index (χ1v) is 16.4. The third-order valence-electron chi connectivity index (χ3n) is 8.47. The molecular formula is C41H33N7O4. The van der Waals surface area contributed by atoms with Gasteiger partial charge < -0.3 is 14.5 Å². The van der Waals surface area contributed by atoms with Crippen LogP contribution in [0.25, 0.3) is 17.0 Å². The number of hydrogen-bond acceptors (Lipinski definition) is 7. The molecule has 0 unspecified atom stereocenters. The number of H-pyrrole nitrogens is 1. The number of nitrogens with one attached hydrogen (secondary N) is 2. The number of aromatic amines is 1. The van der Waals surface area contributed by atoms with Crippen LogP contribution in [0.2, 0.25) is 0 Å². The average molecular weight is 688 g/mol. The summed E-state index contributed by atoms with van der Waals surface area (Å²) in [4.78, 5) is 36.9. The maximum absolute atomic E-state index is 14.0. The molecule has 1 aliphatic rings. The number of anilines is 1. The predicted molar refractivity (Wildman–Crippen MR) is 202 cm³/mol. The average Bonchev–Trinajstić information content (AvgIpc) is 3.75.